The van der Waals surface area contributed by atoms with Crippen LogP contribution in [0.2, 0.25) is 0 Å². The molecule has 72 valence electrons. The summed E-state index contributed by atoms with van der Waals surface area (Å²) in [6.45, 7) is 2.57. The number of nitrogens with zero attached hydrogens (tertiary/aromatic N) is 2. The SMILES string of the molecule is Cc1ncsc1C(=O)N(C)CCBr. The van der Waals surface area contributed by atoms with Gasteiger partial charge in [0.25, 0.3) is 5.91 Å². The van der Waals surface area contributed by atoms with Crippen molar-refractivity contribution in [1.29, 1.82) is 0 Å². The summed E-state index contributed by atoms with van der Waals surface area (Å²) in [4.78, 5) is 18.2. The van der Waals surface area contributed by atoms with Gasteiger partial charge in [0.2, 0.25) is 0 Å². The number of halogens is 1. The molecular formula is C8H11BrN2OS. The molecule has 1 rings (SSSR count). The number of alkyl halides is 1. The molecule has 0 fully saturated rings. The molecule has 1 amide bonds. The van der Waals surface area contributed by atoms with E-state index in [1.807, 2.05) is 6.92 Å². The molecule has 0 saturated carbocycles. The molecule has 5 heteroatoms. The van der Waals surface area contributed by atoms with E-state index in [9.17, 15) is 4.79 Å². The van der Waals surface area contributed by atoms with Crippen LogP contribution in [0.25, 0.3) is 0 Å². The Bertz CT molecular complexity index is 300. The van der Waals surface area contributed by atoms with E-state index in [4.69, 9.17) is 0 Å². The normalized spacial score (nSPS) is 10.1. The molecule has 0 aliphatic rings. The zero-order valence-electron chi connectivity index (χ0n) is 7.58. The highest BCUT2D eigenvalue weighted by Gasteiger charge is 2.15. The van der Waals surface area contributed by atoms with Gasteiger partial charge >= 0.3 is 0 Å². The van der Waals surface area contributed by atoms with Gasteiger partial charge in [0.15, 0.2) is 0 Å². The monoisotopic (exact) mass is 262 g/mol. The molecule has 1 heterocycles. The summed E-state index contributed by atoms with van der Waals surface area (Å²) in [6, 6.07) is 0. The van der Waals surface area contributed by atoms with Gasteiger partial charge in [0.05, 0.1) is 11.2 Å². The quantitative estimate of drug-likeness (QED) is 0.780. The van der Waals surface area contributed by atoms with E-state index in [-0.39, 0.29) is 5.91 Å². The van der Waals surface area contributed by atoms with E-state index in [0.29, 0.717) is 0 Å². The first-order chi connectivity index (χ1) is 6.16. The third-order valence-electron chi connectivity index (χ3n) is 1.71. The molecule has 0 unspecified atom stereocenters. The lowest BCUT2D eigenvalue weighted by Gasteiger charge is -2.14. The van der Waals surface area contributed by atoms with Gasteiger partial charge < -0.3 is 4.90 Å². The van der Waals surface area contributed by atoms with Crippen molar-refractivity contribution in [1.82, 2.24) is 9.88 Å². The van der Waals surface area contributed by atoms with Crippen molar-refractivity contribution in [2.24, 2.45) is 0 Å². The molecule has 0 aliphatic carbocycles. The van der Waals surface area contributed by atoms with Crippen molar-refractivity contribution < 1.29 is 4.79 Å². The lowest BCUT2D eigenvalue weighted by atomic mass is 10.3. The Kier molecular flexibility index (Phi) is 3.87. The minimum absolute atomic E-state index is 0.0550. The third kappa shape index (κ3) is 2.51. The van der Waals surface area contributed by atoms with Crippen LogP contribution >= 0.6 is 27.3 Å². The summed E-state index contributed by atoms with van der Waals surface area (Å²) in [7, 11) is 1.79. The number of carbonyl (C=O) groups excluding carboxylic acids is 1. The first-order valence-corrected chi connectivity index (χ1v) is 5.88. The minimum Gasteiger partial charge on any atom is -0.340 e. The van der Waals surface area contributed by atoms with Crippen LogP contribution in [0.4, 0.5) is 0 Å². The van der Waals surface area contributed by atoms with Crippen LogP contribution in [0.3, 0.4) is 0 Å². The summed E-state index contributed by atoms with van der Waals surface area (Å²) in [6.07, 6.45) is 0. The van der Waals surface area contributed by atoms with E-state index in [0.717, 1.165) is 22.4 Å². The predicted octanol–water partition coefficient (Wildman–Crippen LogP) is 1.92. The van der Waals surface area contributed by atoms with Crippen LogP contribution < -0.4 is 0 Å². The third-order valence-corrected chi connectivity index (χ3v) is 2.98. The van der Waals surface area contributed by atoms with E-state index >= 15 is 0 Å². The van der Waals surface area contributed by atoms with Gasteiger partial charge in [-0.15, -0.1) is 11.3 Å². The van der Waals surface area contributed by atoms with Gasteiger partial charge in [-0.2, -0.15) is 0 Å². The fraction of sp³-hybridized carbons (Fsp3) is 0.500. The molecule has 0 aliphatic heterocycles. The van der Waals surface area contributed by atoms with Crippen LogP contribution in [0.1, 0.15) is 15.4 Å². The second kappa shape index (κ2) is 4.72. The molecular weight excluding hydrogens is 252 g/mol. The van der Waals surface area contributed by atoms with Gasteiger partial charge in [-0.05, 0) is 6.92 Å². The Hall–Kier alpha value is -0.420. The van der Waals surface area contributed by atoms with Crippen molar-refractivity contribution in [2.75, 3.05) is 18.9 Å². The number of aromatic nitrogens is 1. The van der Waals surface area contributed by atoms with E-state index in [1.54, 1.807) is 17.5 Å². The zero-order chi connectivity index (χ0) is 9.84. The Morgan fingerprint density at radius 2 is 2.46 bits per heavy atom. The first kappa shape index (κ1) is 10.7. The largest absolute Gasteiger partial charge is 0.340 e. The lowest BCUT2D eigenvalue weighted by Crippen LogP contribution is -2.28. The second-order valence-corrected chi connectivity index (χ2v) is 4.33. The van der Waals surface area contributed by atoms with Gasteiger partial charge in [-0.25, -0.2) is 4.98 Å². The van der Waals surface area contributed by atoms with E-state index in [2.05, 4.69) is 20.9 Å². The molecule has 0 spiro atoms. The second-order valence-electron chi connectivity index (χ2n) is 2.68. The number of thiazole rings is 1. The number of aryl methyl sites for hydroxylation is 1. The maximum atomic E-state index is 11.7. The van der Waals surface area contributed by atoms with Crippen molar-refractivity contribution in [3.63, 3.8) is 0 Å². The molecule has 0 aromatic carbocycles. The van der Waals surface area contributed by atoms with Crippen LogP contribution in [0.15, 0.2) is 5.51 Å². The van der Waals surface area contributed by atoms with Crippen LogP contribution in [-0.2, 0) is 0 Å². The highest BCUT2D eigenvalue weighted by atomic mass is 79.9. The summed E-state index contributed by atoms with van der Waals surface area (Å²) in [5.41, 5.74) is 2.52. The number of hydrogen-bond donors (Lipinski definition) is 0. The smallest absolute Gasteiger partial charge is 0.265 e. The number of hydrogen-bond acceptors (Lipinski definition) is 3. The Labute approximate surface area is 89.9 Å². The van der Waals surface area contributed by atoms with Crippen molar-refractivity contribution >= 4 is 33.2 Å². The number of carbonyl (C=O) groups is 1. The zero-order valence-corrected chi connectivity index (χ0v) is 9.98. The average Bonchev–Trinajstić information content (AvgIpc) is 2.50. The fourth-order valence-corrected chi connectivity index (χ4v) is 2.24. The van der Waals surface area contributed by atoms with Gasteiger partial charge in [-0.1, -0.05) is 15.9 Å². The summed E-state index contributed by atoms with van der Waals surface area (Å²) >= 11 is 4.69. The molecule has 0 bridgehead atoms. The molecule has 13 heavy (non-hydrogen) atoms. The molecule has 0 radical (unpaired) electrons. The van der Waals surface area contributed by atoms with Crippen molar-refractivity contribution in [3.8, 4) is 0 Å². The summed E-state index contributed by atoms with van der Waals surface area (Å²) < 4.78 is 0. The summed E-state index contributed by atoms with van der Waals surface area (Å²) in [5.74, 6) is 0.0550. The lowest BCUT2D eigenvalue weighted by molar-refractivity contribution is 0.0808. The van der Waals surface area contributed by atoms with Crippen LogP contribution in [0.5, 0.6) is 0 Å². The highest BCUT2D eigenvalue weighted by molar-refractivity contribution is 9.09. The van der Waals surface area contributed by atoms with Crippen LogP contribution in [0, 0.1) is 6.92 Å². The molecule has 3 nitrogen and oxygen atoms in total. The molecule has 1 aromatic heterocycles. The number of amides is 1. The highest BCUT2D eigenvalue weighted by Crippen LogP contribution is 2.14. The van der Waals surface area contributed by atoms with Gasteiger partial charge in [0, 0.05) is 18.9 Å². The number of rotatable bonds is 3. The standard InChI is InChI=1S/C8H11BrN2OS/c1-6-7(13-5-10-6)8(12)11(2)4-3-9/h5H,3-4H2,1-2H3. The predicted molar refractivity (Wildman–Crippen MR) is 57.6 cm³/mol. The topological polar surface area (TPSA) is 33.2 Å². The van der Waals surface area contributed by atoms with E-state index in [1.165, 1.54) is 11.3 Å². The van der Waals surface area contributed by atoms with Gasteiger partial charge in [0.1, 0.15) is 4.88 Å². The van der Waals surface area contributed by atoms with Crippen molar-refractivity contribution in [2.45, 2.75) is 6.92 Å². The maximum absolute atomic E-state index is 11.7. The van der Waals surface area contributed by atoms with E-state index < -0.39 is 0 Å². The van der Waals surface area contributed by atoms with Crippen LogP contribution in [-0.4, -0.2) is 34.7 Å². The first-order valence-electron chi connectivity index (χ1n) is 3.88. The average molecular weight is 263 g/mol. The molecule has 0 saturated heterocycles. The van der Waals surface area contributed by atoms with Crippen molar-refractivity contribution in [3.05, 3.63) is 16.1 Å². The maximum Gasteiger partial charge on any atom is 0.265 e. The molecule has 1 aromatic rings. The minimum atomic E-state index is 0.0550. The molecule has 0 atom stereocenters. The van der Waals surface area contributed by atoms with Gasteiger partial charge in [-0.3, -0.25) is 4.79 Å². The Morgan fingerprint density at radius 3 is 2.92 bits per heavy atom. The molecule has 0 N–H and O–H groups in total. The fourth-order valence-electron chi connectivity index (χ4n) is 0.909. The Morgan fingerprint density at radius 1 is 1.77 bits per heavy atom. The Balaban J connectivity index is 2.73. The summed E-state index contributed by atoms with van der Waals surface area (Å²) in [5, 5.41) is 0.799.